The van der Waals surface area contributed by atoms with Crippen molar-refractivity contribution in [3.05, 3.63) is 35.5 Å². The van der Waals surface area contributed by atoms with Gasteiger partial charge in [-0.1, -0.05) is 6.07 Å². The van der Waals surface area contributed by atoms with Crippen LogP contribution in [0.15, 0.2) is 24.4 Å². The first kappa shape index (κ1) is 26.5. The molecule has 5 rings (SSSR count). The van der Waals surface area contributed by atoms with E-state index in [4.69, 9.17) is 22.1 Å². The number of nitrogens with zero attached hydrogens (tertiary/aromatic N) is 5. The third-order valence-corrected chi connectivity index (χ3v) is 8.06. The number of hydrogen-bond acceptors (Lipinski definition) is 8. The highest BCUT2D eigenvalue weighted by Gasteiger charge is 2.28. The smallest absolute Gasteiger partial charge is 0.251 e. The highest BCUT2D eigenvalue weighted by atomic mass is 35.5. The minimum Gasteiger partial charge on any atom is -0.496 e. The summed E-state index contributed by atoms with van der Waals surface area (Å²) in [5, 5.41) is 11.2. The number of alkyl halides is 1. The molecule has 1 saturated carbocycles. The average Bonchev–Trinajstić information content (AvgIpc) is 3.29. The number of carbonyl (C=O) groups is 1. The fraction of sp³-hybridized carbons (Fsp3) is 0.556. The van der Waals surface area contributed by atoms with Gasteiger partial charge >= 0.3 is 0 Å². The number of nitrogen functional groups attached to an aromatic ring is 1. The first-order chi connectivity index (χ1) is 18.4. The topological polar surface area (TPSA) is 123 Å². The molecule has 0 bridgehead atoms. The van der Waals surface area contributed by atoms with E-state index in [0.717, 1.165) is 61.8 Å². The predicted octanol–water partition coefficient (Wildman–Crippen LogP) is 3.36. The van der Waals surface area contributed by atoms with Crippen molar-refractivity contribution in [1.82, 2.24) is 30.0 Å². The van der Waals surface area contributed by atoms with E-state index in [0.29, 0.717) is 35.1 Å². The number of nitrogens with two attached hydrogens (primary N) is 1. The second-order valence-corrected chi connectivity index (χ2v) is 11.0. The first-order valence-electron chi connectivity index (χ1n) is 13.4. The van der Waals surface area contributed by atoms with Gasteiger partial charge in [-0.3, -0.25) is 9.48 Å². The minimum absolute atomic E-state index is 0.0754. The molecule has 0 unspecified atom stereocenters. The zero-order valence-corrected chi connectivity index (χ0v) is 22.9. The van der Waals surface area contributed by atoms with Gasteiger partial charge in [-0.2, -0.15) is 10.1 Å². The maximum Gasteiger partial charge on any atom is 0.251 e. The van der Waals surface area contributed by atoms with Crippen molar-refractivity contribution < 1.29 is 9.53 Å². The van der Waals surface area contributed by atoms with Gasteiger partial charge in [0, 0.05) is 29.6 Å². The number of ether oxygens (including phenoxy) is 1. The molecule has 1 aliphatic carbocycles. The third-order valence-electron chi connectivity index (χ3n) is 7.84. The van der Waals surface area contributed by atoms with Crippen molar-refractivity contribution in [2.75, 3.05) is 50.7 Å². The summed E-state index contributed by atoms with van der Waals surface area (Å²) in [6.45, 7) is 3.24. The number of amides is 1. The summed E-state index contributed by atoms with van der Waals surface area (Å²) in [7, 11) is 3.73. The van der Waals surface area contributed by atoms with Crippen LogP contribution < -0.4 is 21.1 Å². The van der Waals surface area contributed by atoms with Gasteiger partial charge in [0.15, 0.2) is 5.82 Å². The Hall–Kier alpha value is -3.11. The van der Waals surface area contributed by atoms with E-state index in [1.54, 1.807) is 19.4 Å². The number of carbonyl (C=O) groups excluding carboxylic acids is 1. The van der Waals surface area contributed by atoms with E-state index in [2.05, 4.69) is 37.6 Å². The number of rotatable bonds is 10. The molecule has 0 spiro atoms. The lowest BCUT2D eigenvalue weighted by molar-refractivity contribution is 0.0916. The molecule has 2 aliphatic rings. The molecule has 38 heavy (non-hydrogen) atoms. The molecule has 3 heterocycles. The van der Waals surface area contributed by atoms with Gasteiger partial charge in [-0.25, -0.2) is 4.98 Å². The van der Waals surface area contributed by atoms with Crippen molar-refractivity contribution >= 4 is 40.3 Å². The number of halogens is 1. The maximum absolute atomic E-state index is 12.9. The standard InChI is InChI=1S/C27H37ClN8O2/c1-35-9-6-21(7-10-35)32-26(37)19-3-4-20(23(13-19)38-2)16-36-24-22(15-31-36)33-27(29)34-25(24)30-14-18-11-17(12-18)5-8-28/h3-4,13,15,17-18,21H,5-12,14,16H2,1-2H3,(H,32,37)(H3,29,30,33,34). The van der Waals surface area contributed by atoms with E-state index >= 15 is 0 Å². The lowest BCUT2D eigenvalue weighted by Gasteiger charge is -2.35. The number of anilines is 2. The molecule has 4 N–H and O–H groups in total. The van der Waals surface area contributed by atoms with E-state index in [1.807, 2.05) is 16.8 Å². The van der Waals surface area contributed by atoms with Gasteiger partial charge in [-0.15, -0.1) is 11.6 Å². The first-order valence-corrected chi connectivity index (χ1v) is 13.9. The van der Waals surface area contributed by atoms with Crippen LogP contribution in [0.1, 0.15) is 48.0 Å². The summed E-state index contributed by atoms with van der Waals surface area (Å²) in [5.41, 5.74) is 8.95. The molecule has 0 radical (unpaired) electrons. The summed E-state index contributed by atoms with van der Waals surface area (Å²) >= 11 is 5.89. The number of methoxy groups -OCH3 is 1. The Balaban J connectivity index is 1.30. The molecule has 1 aromatic carbocycles. The molecule has 1 amide bonds. The number of nitrogens with one attached hydrogen (secondary N) is 2. The van der Waals surface area contributed by atoms with E-state index < -0.39 is 0 Å². The quantitative estimate of drug-likeness (QED) is 0.334. The molecular formula is C27H37ClN8O2. The molecule has 10 nitrogen and oxygen atoms in total. The van der Waals surface area contributed by atoms with Crippen LogP contribution >= 0.6 is 11.6 Å². The Morgan fingerprint density at radius 3 is 2.74 bits per heavy atom. The van der Waals surface area contributed by atoms with Gasteiger partial charge in [-0.05, 0) is 76.2 Å². The summed E-state index contributed by atoms with van der Waals surface area (Å²) in [6, 6.07) is 5.76. The molecule has 1 aliphatic heterocycles. The molecule has 204 valence electrons. The Morgan fingerprint density at radius 1 is 1.21 bits per heavy atom. The number of aromatic nitrogens is 4. The largest absolute Gasteiger partial charge is 0.496 e. The zero-order chi connectivity index (χ0) is 26.6. The number of fused-ring (bicyclic) bond motifs is 1. The van der Waals surface area contributed by atoms with Crippen molar-refractivity contribution in [2.45, 2.75) is 44.7 Å². The summed E-state index contributed by atoms with van der Waals surface area (Å²) in [6.07, 6.45) is 7.06. The van der Waals surface area contributed by atoms with E-state index in [1.165, 1.54) is 12.8 Å². The number of likely N-dealkylation sites (tertiary alicyclic amines) is 1. The predicted molar refractivity (Wildman–Crippen MR) is 150 cm³/mol. The highest BCUT2D eigenvalue weighted by Crippen LogP contribution is 2.36. The number of hydrogen-bond donors (Lipinski definition) is 3. The fourth-order valence-electron chi connectivity index (χ4n) is 5.53. The molecular weight excluding hydrogens is 504 g/mol. The lowest BCUT2D eigenvalue weighted by atomic mass is 9.73. The minimum atomic E-state index is -0.0754. The van der Waals surface area contributed by atoms with Gasteiger partial charge in [0.2, 0.25) is 5.95 Å². The summed E-state index contributed by atoms with van der Waals surface area (Å²) in [4.78, 5) is 24.1. The molecule has 11 heteroatoms. The Labute approximate surface area is 228 Å². The van der Waals surface area contributed by atoms with Crippen LogP contribution in [0.5, 0.6) is 5.75 Å². The van der Waals surface area contributed by atoms with Gasteiger partial charge in [0.25, 0.3) is 5.91 Å². The van der Waals surface area contributed by atoms with Crippen LogP contribution in [0, 0.1) is 11.8 Å². The molecule has 2 fully saturated rings. The van der Waals surface area contributed by atoms with E-state index in [9.17, 15) is 4.79 Å². The van der Waals surface area contributed by atoms with Crippen molar-refractivity contribution in [1.29, 1.82) is 0 Å². The second kappa shape index (κ2) is 11.7. The van der Waals surface area contributed by atoms with Crippen LogP contribution in [-0.2, 0) is 6.54 Å². The molecule has 1 saturated heterocycles. The third kappa shape index (κ3) is 5.96. The summed E-state index contributed by atoms with van der Waals surface area (Å²) in [5.74, 6) is 3.50. The molecule has 3 aromatic rings. The van der Waals surface area contributed by atoms with Crippen molar-refractivity contribution in [3.63, 3.8) is 0 Å². The zero-order valence-electron chi connectivity index (χ0n) is 22.1. The number of piperidine rings is 1. The molecule has 2 aromatic heterocycles. The van der Waals surface area contributed by atoms with Crippen LogP contribution in [-0.4, -0.2) is 76.3 Å². The number of benzene rings is 1. The monoisotopic (exact) mass is 540 g/mol. The molecule has 0 atom stereocenters. The Kier molecular flexibility index (Phi) is 8.18. The van der Waals surface area contributed by atoms with Crippen LogP contribution in [0.3, 0.4) is 0 Å². The maximum atomic E-state index is 12.9. The van der Waals surface area contributed by atoms with Crippen LogP contribution in [0.25, 0.3) is 11.0 Å². The SMILES string of the molecule is COc1cc(C(=O)NC2CCN(C)CC2)ccc1Cn1ncc2nc(N)nc(NCC3CC(CCCl)C3)c21. The van der Waals surface area contributed by atoms with Gasteiger partial charge < -0.3 is 26.0 Å². The lowest BCUT2D eigenvalue weighted by Crippen LogP contribution is -2.43. The Morgan fingerprint density at radius 2 is 2.00 bits per heavy atom. The average molecular weight is 541 g/mol. The Bertz CT molecular complexity index is 1270. The summed E-state index contributed by atoms with van der Waals surface area (Å²) < 4.78 is 7.53. The van der Waals surface area contributed by atoms with Gasteiger partial charge in [0.05, 0.1) is 19.9 Å². The van der Waals surface area contributed by atoms with Gasteiger partial charge in [0.1, 0.15) is 16.8 Å². The van der Waals surface area contributed by atoms with E-state index in [-0.39, 0.29) is 17.9 Å². The van der Waals surface area contributed by atoms with Crippen molar-refractivity contribution in [3.8, 4) is 5.75 Å². The van der Waals surface area contributed by atoms with Crippen LogP contribution in [0.4, 0.5) is 11.8 Å². The fourth-order valence-corrected chi connectivity index (χ4v) is 5.84. The van der Waals surface area contributed by atoms with Crippen LogP contribution in [0.2, 0.25) is 0 Å². The van der Waals surface area contributed by atoms with Crippen molar-refractivity contribution in [2.24, 2.45) is 11.8 Å². The second-order valence-electron chi connectivity index (χ2n) is 10.6. The highest BCUT2D eigenvalue weighted by molar-refractivity contribution is 6.17. The normalized spacial score (nSPS) is 20.3.